The minimum Gasteiger partial charge on any atom is -0.497 e. The molecule has 0 aromatic heterocycles. The fraction of sp³-hybridized carbons (Fsp3) is 0.481. The average molecular weight is 518 g/mol. The van der Waals surface area contributed by atoms with Gasteiger partial charge in [-0.3, -0.25) is 13.9 Å². The molecule has 2 aromatic carbocycles. The van der Waals surface area contributed by atoms with Gasteiger partial charge < -0.3 is 15.0 Å². The highest BCUT2D eigenvalue weighted by atomic mass is 32.2. The Morgan fingerprint density at radius 2 is 1.78 bits per heavy atom. The first kappa shape index (κ1) is 29.2. The van der Waals surface area contributed by atoms with Crippen LogP contribution in [-0.2, 0) is 26.2 Å². The number of benzene rings is 2. The number of sulfonamides is 1. The number of nitrogens with one attached hydrogen (secondary N) is 1. The summed E-state index contributed by atoms with van der Waals surface area (Å²) in [7, 11) is -1.96. The lowest BCUT2D eigenvalue weighted by Crippen LogP contribution is -2.49. The van der Waals surface area contributed by atoms with E-state index in [2.05, 4.69) is 5.32 Å². The van der Waals surface area contributed by atoms with E-state index in [-0.39, 0.29) is 31.3 Å². The maximum absolute atomic E-state index is 13.4. The fourth-order valence-electron chi connectivity index (χ4n) is 4.17. The first-order valence-corrected chi connectivity index (χ1v) is 14.1. The number of likely N-dealkylation sites (N-methyl/N-ethyl adjacent to an activating group) is 1. The second-order valence-electron chi connectivity index (χ2n) is 8.85. The molecule has 0 spiro atoms. The number of anilines is 1. The molecule has 2 amide bonds. The summed E-state index contributed by atoms with van der Waals surface area (Å²) < 4.78 is 31.8. The van der Waals surface area contributed by atoms with Gasteiger partial charge in [-0.25, -0.2) is 8.42 Å². The van der Waals surface area contributed by atoms with E-state index in [9.17, 15) is 18.0 Å². The Morgan fingerprint density at radius 1 is 1.08 bits per heavy atom. The van der Waals surface area contributed by atoms with E-state index in [1.54, 1.807) is 18.1 Å². The third-order valence-corrected chi connectivity index (χ3v) is 7.40. The van der Waals surface area contributed by atoms with Crippen LogP contribution in [0.3, 0.4) is 0 Å². The molecule has 8 nitrogen and oxygen atoms in total. The summed E-state index contributed by atoms with van der Waals surface area (Å²) in [6, 6.07) is 12.3. The number of aryl methyl sites for hydroxylation is 1. The minimum atomic E-state index is -3.54. The number of hydrogen-bond donors (Lipinski definition) is 1. The standard InChI is InChI=1S/C27H39N3O5S/c1-7-24(27(32)28-8-2)29(19-22-13-10-14-23(18-22)35-5)26(31)16-11-17-30(36(6,33)34)25-15-9-12-20(3)21(25)4/h9-10,12-15,18,24H,7-8,11,16-17,19H2,1-6H3,(H,28,32)/t24-/m0/s1. The number of amides is 2. The number of hydrogen-bond acceptors (Lipinski definition) is 5. The molecule has 0 aliphatic heterocycles. The van der Waals surface area contributed by atoms with Gasteiger partial charge in [-0.05, 0) is 68.5 Å². The Hall–Kier alpha value is -3.07. The monoisotopic (exact) mass is 517 g/mol. The van der Waals surface area contributed by atoms with Gasteiger partial charge in [-0.15, -0.1) is 0 Å². The Balaban J connectivity index is 2.25. The van der Waals surface area contributed by atoms with Crippen LogP contribution in [0.25, 0.3) is 0 Å². The van der Waals surface area contributed by atoms with Crippen LogP contribution in [0.15, 0.2) is 42.5 Å². The van der Waals surface area contributed by atoms with Crippen molar-refractivity contribution in [2.75, 3.05) is 30.8 Å². The molecule has 198 valence electrons. The number of carbonyl (C=O) groups excluding carboxylic acids is 2. The summed E-state index contributed by atoms with van der Waals surface area (Å²) in [5.74, 6) is 0.262. The van der Waals surface area contributed by atoms with E-state index in [1.807, 2.05) is 64.1 Å². The van der Waals surface area contributed by atoms with Crippen molar-refractivity contribution in [3.05, 3.63) is 59.2 Å². The smallest absolute Gasteiger partial charge is 0.242 e. The average Bonchev–Trinajstić information content (AvgIpc) is 2.83. The number of nitrogens with zero attached hydrogens (tertiary/aromatic N) is 2. The van der Waals surface area contributed by atoms with E-state index >= 15 is 0 Å². The van der Waals surface area contributed by atoms with Gasteiger partial charge in [0.15, 0.2) is 0 Å². The molecule has 0 aliphatic carbocycles. The molecule has 9 heteroatoms. The summed E-state index contributed by atoms with van der Waals surface area (Å²) in [6.07, 6.45) is 2.06. The highest BCUT2D eigenvalue weighted by Crippen LogP contribution is 2.26. The summed E-state index contributed by atoms with van der Waals surface area (Å²) in [5.41, 5.74) is 3.34. The molecule has 2 aromatic rings. The van der Waals surface area contributed by atoms with E-state index in [1.165, 1.54) is 10.6 Å². The lowest BCUT2D eigenvalue weighted by atomic mass is 10.1. The van der Waals surface area contributed by atoms with E-state index in [4.69, 9.17) is 4.74 Å². The van der Waals surface area contributed by atoms with Gasteiger partial charge in [-0.1, -0.05) is 31.2 Å². The fourth-order valence-corrected chi connectivity index (χ4v) is 5.18. The van der Waals surface area contributed by atoms with Gasteiger partial charge in [0.1, 0.15) is 11.8 Å². The highest BCUT2D eigenvalue weighted by Gasteiger charge is 2.29. The van der Waals surface area contributed by atoms with Crippen LogP contribution in [0.5, 0.6) is 5.75 Å². The van der Waals surface area contributed by atoms with Crippen LogP contribution in [0.4, 0.5) is 5.69 Å². The predicted octanol–water partition coefficient (Wildman–Crippen LogP) is 3.80. The van der Waals surface area contributed by atoms with Crippen LogP contribution in [-0.4, -0.2) is 57.6 Å². The van der Waals surface area contributed by atoms with Gasteiger partial charge in [0.2, 0.25) is 21.8 Å². The van der Waals surface area contributed by atoms with Crippen molar-refractivity contribution in [3.63, 3.8) is 0 Å². The normalized spacial score (nSPS) is 12.1. The molecule has 0 bridgehead atoms. The van der Waals surface area contributed by atoms with Crippen molar-refractivity contribution < 1.29 is 22.7 Å². The summed E-state index contributed by atoms with van der Waals surface area (Å²) in [5, 5.41) is 2.82. The van der Waals surface area contributed by atoms with E-state index in [0.717, 1.165) is 16.7 Å². The van der Waals surface area contributed by atoms with Gasteiger partial charge in [0.25, 0.3) is 0 Å². The predicted molar refractivity (Wildman–Crippen MR) is 144 cm³/mol. The molecule has 1 atom stereocenters. The van der Waals surface area contributed by atoms with Crippen molar-refractivity contribution in [3.8, 4) is 5.75 Å². The number of methoxy groups -OCH3 is 1. The summed E-state index contributed by atoms with van der Waals surface area (Å²) >= 11 is 0. The molecule has 0 aliphatic rings. The van der Waals surface area contributed by atoms with Crippen LogP contribution in [0.2, 0.25) is 0 Å². The zero-order valence-electron chi connectivity index (χ0n) is 22.2. The third kappa shape index (κ3) is 7.71. The van der Waals surface area contributed by atoms with Crippen molar-refractivity contribution in [2.45, 2.75) is 59.5 Å². The Morgan fingerprint density at radius 3 is 2.39 bits per heavy atom. The van der Waals surface area contributed by atoms with E-state index < -0.39 is 16.1 Å². The van der Waals surface area contributed by atoms with E-state index in [0.29, 0.717) is 30.8 Å². The van der Waals surface area contributed by atoms with Crippen LogP contribution in [0.1, 0.15) is 49.8 Å². The molecule has 0 unspecified atom stereocenters. The molecule has 36 heavy (non-hydrogen) atoms. The van der Waals surface area contributed by atoms with Crippen molar-refractivity contribution in [1.82, 2.24) is 10.2 Å². The maximum atomic E-state index is 13.4. The van der Waals surface area contributed by atoms with Crippen molar-refractivity contribution in [2.24, 2.45) is 0 Å². The van der Waals surface area contributed by atoms with Gasteiger partial charge in [-0.2, -0.15) is 0 Å². The molecule has 0 fully saturated rings. The largest absolute Gasteiger partial charge is 0.497 e. The molecule has 0 radical (unpaired) electrons. The topological polar surface area (TPSA) is 96.0 Å². The lowest BCUT2D eigenvalue weighted by Gasteiger charge is -2.31. The molecular formula is C27H39N3O5S. The van der Waals surface area contributed by atoms with Gasteiger partial charge in [0.05, 0.1) is 19.1 Å². The lowest BCUT2D eigenvalue weighted by molar-refractivity contribution is -0.141. The molecule has 0 saturated carbocycles. The molecule has 0 saturated heterocycles. The molecule has 0 heterocycles. The quantitative estimate of drug-likeness (QED) is 0.436. The number of rotatable bonds is 13. The number of ether oxygens (including phenoxy) is 1. The van der Waals surface area contributed by atoms with Gasteiger partial charge in [0, 0.05) is 26.1 Å². The Kier molecular flexibility index (Phi) is 10.8. The van der Waals surface area contributed by atoms with Crippen molar-refractivity contribution in [1.29, 1.82) is 0 Å². The summed E-state index contributed by atoms with van der Waals surface area (Å²) in [4.78, 5) is 27.8. The van der Waals surface area contributed by atoms with Crippen LogP contribution < -0.4 is 14.4 Å². The maximum Gasteiger partial charge on any atom is 0.242 e. The molecule has 1 N–H and O–H groups in total. The Bertz CT molecular complexity index is 1150. The zero-order valence-corrected chi connectivity index (χ0v) is 23.0. The second-order valence-corrected chi connectivity index (χ2v) is 10.8. The molecule has 2 rings (SSSR count). The summed E-state index contributed by atoms with van der Waals surface area (Å²) in [6.45, 7) is 8.42. The first-order valence-electron chi connectivity index (χ1n) is 12.3. The zero-order chi connectivity index (χ0) is 26.9. The van der Waals surface area contributed by atoms with Gasteiger partial charge >= 0.3 is 0 Å². The van der Waals surface area contributed by atoms with Crippen LogP contribution in [0, 0.1) is 13.8 Å². The molecular weight excluding hydrogens is 478 g/mol. The highest BCUT2D eigenvalue weighted by molar-refractivity contribution is 7.92. The van der Waals surface area contributed by atoms with Crippen molar-refractivity contribution >= 4 is 27.5 Å². The second kappa shape index (κ2) is 13.3. The third-order valence-electron chi connectivity index (χ3n) is 6.22. The SMILES string of the molecule is CCNC(=O)[C@H](CC)N(Cc1cccc(OC)c1)C(=O)CCCN(c1cccc(C)c1C)S(C)(=O)=O. The Labute approximate surface area is 215 Å². The first-order chi connectivity index (χ1) is 17.0. The minimum absolute atomic E-state index is 0.108. The number of carbonyl (C=O) groups is 2. The van der Waals surface area contributed by atoms with Crippen LogP contribution >= 0.6 is 0 Å².